The van der Waals surface area contributed by atoms with Gasteiger partial charge in [-0.25, -0.2) is 0 Å². The molecule has 2 N–H and O–H groups in total. The molecular weight excluding hydrogens is 250 g/mol. The van der Waals surface area contributed by atoms with E-state index >= 15 is 0 Å². The number of para-hydroxylation sites is 1. The van der Waals surface area contributed by atoms with Gasteiger partial charge in [0, 0.05) is 24.8 Å². The Kier molecular flexibility index (Phi) is 4.11. The Labute approximate surface area is 119 Å². The molecule has 4 heteroatoms. The lowest BCUT2D eigenvalue weighted by atomic mass is 10.1. The van der Waals surface area contributed by atoms with Gasteiger partial charge < -0.3 is 15.4 Å². The van der Waals surface area contributed by atoms with E-state index in [4.69, 9.17) is 15.7 Å². The number of hydrogen-bond donors (Lipinski definition) is 1. The molecule has 0 aliphatic rings. The highest BCUT2D eigenvalue weighted by atomic mass is 16.5. The van der Waals surface area contributed by atoms with Crippen LogP contribution in [0.4, 0.5) is 11.4 Å². The van der Waals surface area contributed by atoms with Crippen LogP contribution in [0.15, 0.2) is 42.5 Å². The summed E-state index contributed by atoms with van der Waals surface area (Å²) in [5.41, 5.74) is 8.90. The molecule has 0 unspecified atom stereocenters. The number of methoxy groups -OCH3 is 1. The predicted molar refractivity (Wildman–Crippen MR) is 80.7 cm³/mol. The van der Waals surface area contributed by atoms with E-state index in [1.807, 2.05) is 43.4 Å². The molecule has 0 atom stereocenters. The van der Waals surface area contributed by atoms with Gasteiger partial charge in [0.15, 0.2) is 0 Å². The van der Waals surface area contributed by atoms with E-state index in [-0.39, 0.29) is 0 Å². The normalized spacial score (nSPS) is 9.85. The molecule has 2 aromatic carbocycles. The molecule has 20 heavy (non-hydrogen) atoms. The molecule has 0 bridgehead atoms. The fourth-order valence-corrected chi connectivity index (χ4v) is 2.07. The van der Waals surface area contributed by atoms with E-state index in [0.29, 0.717) is 17.8 Å². The zero-order valence-electron chi connectivity index (χ0n) is 11.6. The maximum absolute atomic E-state index is 8.89. The highest BCUT2D eigenvalue weighted by molar-refractivity contribution is 5.63. The summed E-state index contributed by atoms with van der Waals surface area (Å²) < 4.78 is 5.35. The average Bonchev–Trinajstić information content (AvgIpc) is 2.47. The minimum absolute atomic E-state index is 0.497. The molecule has 0 aliphatic heterocycles. The molecule has 0 aromatic heterocycles. The zero-order chi connectivity index (χ0) is 14.5. The van der Waals surface area contributed by atoms with Crippen LogP contribution < -0.4 is 15.4 Å². The monoisotopic (exact) mass is 267 g/mol. The second-order valence-corrected chi connectivity index (χ2v) is 4.55. The first-order chi connectivity index (χ1) is 9.65. The van der Waals surface area contributed by atoms with E-state index in [9.17, 15) is 0 Å². The lowest BCUT2D eigenvalue weighted by molar-refractivity contribution is 0.409. The van der Waals surface area contributed by atoms with Crippen molar-refractivity contribution in [2.45, 2.75) is 6.54 Å². The maximum Gasteiger partial charge on any atom is 0.123 e. The van der Waals surface area contributed by atoms with E-state index in [1.54, 1.807) is 13.2 Å². The topological polar surface area (TPSA) is 62.3 Å². The van der Waals surface area contributed by atoms with Gasteiger partial charge in [0.1, 0.15) is 11.8 Å². The summed E-state index contributed by atoms with van der Waals surface area (Å²) in [7, 11) is 3.64. The van der Waals surface area contributed by atoms with Crippen LogP contribution >= 0.6 is 0 Å². The van der Waals surface area contributed by atoms with Gasteiger partial charge in [-0.2, -0.15) is 5.26 Å². The van der Waals surface area contributed by atoms with Gasteiger partial charge >= 0.3 is 0 Å². The molecule has 2 aromatic rings. The van der Waals surface area contributed by atoms with E-state index in [2.05, 4.69) is 11.0 Å². The third-order valence-electron chi connectivity index (χ3n) is 3.20. The second-order valence-electron chi connectivity index (χ2n) is 4.55. The second kappa shape index (κ2) is 5.98. The number of hydrogen-bond acceptors (Lipinski definition) is 4. The standard InChI is InChI=1S/C16H17N3O/c1-19(11-13-5-3-4-6-16(13)20-2)14-8-7-12(10-17)15(18)9-14/h3-9H,11,18H2,1-2H3. The van der Waals surface area contributed by atoms with Crippen LogP contribution in [0.3, 0.4) is 0 Å². The Bertz CT molecular complexity index is 646. The van der Waals surface area contributed by atoms with E-state index < -0.39 is 0 Å². The summed E-state index contributed by atoms with van der Waals surface area (Å²) in [6.07, 6.45) is 0. The molecule has 0 saturated carbocycles. The van der Waals surface area contributed by atoms with Crippen molar-refractivity contribution >= 4 is 11.4 Å². The van der Waals surface area contributed by atoms with E-state index in [1.165, 1.54) is 0 Å². The van der Waals surface area contributed by atoms with Crippen LogP contribution in [0, 0.1) is 11.3 Å². The Morgan fingerprint density at radius 1 is 1.25 bits per heavy atom. The maximum atomic E-state index is 8.89. The van der Waals surface area contributed by atoms with Crippen LogP contribution in [0.1, 0.15) is 11.1 Å². The third-order valence-corrected chi connectivity index (χ3v) is 3.20. The van der Waals surface area contributed by atoms with Gasteiger partial charge in [0.25, 0.3) is 0 Å². The Balaban J connectivity index is 2.22. The molecule has 0 amide bonds. The zero-order valence-corrected chi connectivity index (χ0v) is 11.6. The van der Waals surface area contributed by atoms with Crippen LogP contribution in [0.2, 0.25) is 0 Å². The number of benzene rings is 2. The first-order valence-electron chi connectivity index (χ1n) is 6.28. The molecule has 0 radical (unpaired) electrons. The van der Waals surface area contributed by atoms with Crippen molar-refractivity contribution in [3.05, 3.63) is 53.6 Å². The fourth-order valence-electron chi connectivity index (χ4n) is 2.07. The number of nitriles is 1. The van der Waals surface area contributed by atoms with Crippen LogP contribution in [-0.4, -0.2) is 14.2 Å². The van der Waals surface area contributed by atoms with Gasteiger partial charge in [-0.15, -0.1) is 0 Å². The van der Waals surface area contributed by atoms with Gasteiger partial charge in [-0.05, 0) is 24.3 Å². The molecule has 0 fully saturated rings. The molecule has 0 aliphatic carbocycles. The van der Waals surface area contributed by atoms with Crippen LogP contribution in [0.5, 0.6) is 5.75 Å². The first-order valence-corrected chi connectivity index (χ1v) is 6.28. The lowest BCUT2D eigenvalue weighted by Gasteiger charge is -2.21. The number of ether oxygens (including phenoxy) is 1. The summed E-state index contributed by atoms with van der Waals surface area (Å²) in [5.74, 6) is 0.862. The van der Waals surface area contributed by atoms with Crippen molar-refractivity contribution < 1.29 is 4.74 Å². The average molecular weight is 267 g/mol. The third kappa shape index (κ3) is 2.83. The SMILES string of the molecule is COc1ccccc1CN(C)c1ccc(C#N)c(N)c1. The van der Waals surface area contributed by atoms with Crippen molar-refractivity contribution in [2.24, 2.45) is 0 Å². The Morgan fingerprint density at radius 3 is 2.65 bits per heavy atom. The van der Waals surface area contributed by atoms with Crippen molar-refractivity contribution in [1.29, 1.82) is 5.26 Å². The quantitative estimate of drug-likeness (QED) is 0.865. The van der Waals surface area contributed by atoms with Crippen LogP contribution in [-0.2, 0) is 6.54 Å². The summed E-state index contributed by atoms with van der Waals surface area (Å²) in [6.45, 7) is 0.704. The number of anilines is 2. The fraction of sp³-hybridized carbons (Fsp3) is 0.188. The highest BCUT2D eigenvalue weighted by Gasteiger charge is 2.08. The highest BCUT2D eigenvalue weighted by Crippen LogP contribution is 2.24. The summed E-state index contributed by atoms with van der Waals surface area (Å²) in [5, 5.41) is 8.89. The van der Waals surface area contributed by atoms with Gasteiger partial charge in [-0.3, -0.25) is 0 Å². The van der Waals surface area contributed by atoms with Gasteiger partial charge in [0.05, 0.1) is 18.4 Å². The number of nitrogen functional groups attached to an aromatic ring is 1. The number of nitrogens with zero attached hydrogens (tertiary/aromatic N) is 2. The smallest absolute Gasteiger partial charge is 0.123 e. The van der Waals surface area contributed by atoms with Crippen molar-refractivity contribution in [1.82, 2.24) is 0 Å². The lowest BCUT2D eigenvalue weighted by Crippen LogP contribution is -2.17. The van der Waals surface area contributed by atoms with E-state index in [0.717, 1.165) is 17.0 Å². The molecule has 0 spiro atoms. The first kappa shape index (κ1) is 13.8. The molecule has 2 rings (SSSR count). The summed E-state index contributed by atoms with van der Waals surface area (Å²) in [4.78, 5) is 2.06. The minimum Gasteiger partial charge on any atom is -0.496 e. The largest absolute Gasteiger partial charge is 0.496 e. The summed E-state index contributed by atoms with van der Waals surface area (Å²) in [6, 6.07) is 15.4. The molecular formula is C16H17N3O. The molecule has 0 heterocycles. The Morgan fingerprint density at radius 2 is 2.00 bits per heavy atom. The van der Waals surface area contributed by atoms with Crippen LogP contribution in [0.25, 0.3) is 0 Å². The molecule has 0 saturated heterocycles. The number of rotatable bonds is 4. The molecule has 4 nitrogen and oxygen atoms in total. The van der Waals surface area contributed by atoms with Crippen molar-refractivity contribution in [3.63, 3.8) is 0 Å². The van der Waals surface area contributed by atoms with Gasteiger partial charge in [0.2, 0.25) is 0 Å². The van der Waals surface area contributed by atoms with Crippen molar-refractivity contribution in [3.8, 4) is 11.8 Å². The summed E-state index contributed by atoms with van der Waals surface area (Å²) >= 11 is 0. The predicted octanol–water partition coefficient (Wildman–Crippen LogP) is 2.79. The van der Waals surface area contributed by atoms with Gasteiger partial charge in [-0.1, -0.05) is 18.2 Å². The molecule has 102 valence electrons. The van der Waals surface area contributed by atoms with Crippen molar-refractivity contribution in [2.75, 3.05) is 24.8 Å². The number of nitrogens with two attached hydrogens (primary N) is 1. The minimum atomic E-state index is 0.497. The Hall–Kier alpha value is -2.67.